The third kappa shape index (κ3) is 4.42. The summed E-state index contributed by atoms with van der Waals surface area (Å²) in [7, 11) is -3.36. The Kier molecular flexibility index (Phi) is 5.97. The second kappa shape index (κ2) is 8.54. The minimum atomic E-state index is -3.36. The maximum absolute atomic E-state index is 12.5. The fraction of sp³-hybridized carbons (Fsp3) is 0.458. The molecule has 0 radical (unpaired) electrons. The van der Waals surface area contributed by atoms with Crippen LogP contribution in [0, 0.1) is 18.0 Å². The van der Waals surface area contributed by atoms with Gasteiger partial charge in [-0.2, -0.15) is 0 Å². The fourth-order valence-corrected chi connectivity index (χ4v) is 5.46. The summed E-state index contributed by atoms with van der Waals surface area (Å²) in [5.74, 6) is 0.818. The monoisotopic (exact) mass is 441 g/mol. The summed E-state index contributed by atoms with van der Waals surface area (Å²) in [6, 6.07) is 9.35. The van der Waals surface area contributed by atoms with Gasteiger partial charge in [-0.25, -0.2) is 18.1 Å². The predicted molar refractivity (Wildman–Crippen MR) is 125 cm³/mol. The lowest BCUT2D eigenvalue weighted by atomic mass is 9.83. The van der Waals surface area contributed by atoms with E-state index in [1.807, 2.05) is 18.2 Å². The highest BCUT2D eigenvalue weighted by molar-refractivity contribution is 7.90. The zero-order chi connectivity index (χ0) is 22.2. The molecule has 2 aromatic heterocycles. The highest BCUT2D eigenvalue weighted by atomic mass is 32.2. The SMILES string of the molecule is CCC[C@H]1CC[C@H](Nc2ccc(S(C)(=O)=O)cc2-c2cc(C)[n+]([O-])c3[nH]ccc23)CC1. The quantitative estimate of drug-likeness (QED) is 0.418. The Morgan fingerprint density at radius 1 is 1.13 bits per heavy atom. The third-order valence-corrected chi connectivity index (χ3v) is 7.61. The molecule has 166 valence electrons. The number of hydrogen-bond donors (Lipinski definition) is 2. The Morgan fingerprint density at radius 3 is 2.55 bits per heavy atom. The van der Waals surface area contributed by atoms with Gasteiger partial charge in [0.2, 0.25) is 0 Å². The van der Waals surface area contributed by atoms with Crippen LogP contribution in [0.4, 0.5) is 5.69 Å². The summed E-state index contributed by atoms with van der Waals surface area (Å²) >= 11 is 0. The van der Waals surface area contributed by atoms with Gasteiger partial charge < -0.3 is 10.5 Å². The zero-order valence-electron chi connectivity index (χ0n) is 18.4. The number of fused-ring (bicyclic) bond motifs is 1. The summed E-state index contributed by atoms with van der Waals surface area (Å²) in [6.45, 7) is 4.01. The van der Waals surface area contributed by atoms with E-state index in [1.165, 1.54) is 31.9 Å². The maximum atomic E-state index is 12.5. The molecular weight excluding hydrogens is 410 g/mol. The van der Waals surface area contributed by atoms with Crippen molar-refractivity contribution in [2.24, 2.45) is 5.92 Å². The van der Waals surface area contributed by atoms with Crippen LogP contribution < -0.4 is 10.0 Å². The van der Waals surface area contributed by atoms with Gasteiger partial charge in [0.15, 0.2) is 9.84 Å². The molecule has 1 aliphatic carbocycles. The van der Waals surface area contributed by atoms with Gasteiger partial charge in [0.25, 0.3) is 5.65 Å². The van der Waals surface area contributed by atoms with Crippen molar-refractivity contribution < 1.29 is 13.1 Å². The smallest absolute Gasteiger partial charge is 0.290 e. The van der Waals surface area contributed by atoms with E-state index in [1.54, 1.807) is 25.3 Å². The minimum Gasteiger partial charge on any atom is -0.710 e. The number of anilines is 1. The van der Waals surface area contributed by atoms with Crippen molar-refractivity contribution in [3.8, 4) is 11.1 Å². The van der Waals surface area contributed by atoms with Crippen LogP contribution in [0.2, 0.25) is 0 Å². The third-order valence-electron chi connectivity index (χ3n) is 6.50. The van der Waals surface area contributed by atoms with E-state index in [2.05, 4.69) is 17.2 Å². The normalized spacial score (nSPS) is 19.6. The molecule has 0 amide bonds. The largest absolute Gasteiger partial charge is 0.710 e. The number of aromatic nitrogens is 2. The number of nitrogens with zero attached hydrogens (tertiary/aromatic N) is 1. The molecule has 7 heteroatoms. The van der Waals surface area contributed by atoms with Gasteiger partial charge in [-0.1, -0.05) is 19.8 Å². The Bertz CT molecular complexity index is 1190. The molecule has 4 rings (SSSR count). The molecule has 1 fully saturated rings. The molecule has 31 heavy (non-hydrogen) atoms. The van der Waals surface area contributed by atoms with Crippen LogP contribution in [0.1, 0.15) is 51.1 Å². The van der Waals surface area contributed by atoms with E-state index in [4.69, 9.17) is 0 Å². The summed E-state index contributed by atoms with van der Waals surface area (Å²) in [4.78, 5) is 3.29. The van der Waals surface area contributed by atoms with Crippen molar-refractivity contribution in [3.63, 3.8) is 0 Å². The number of pyridine rings is 1. The lowest BCUT2D eigenvalue weighted by Gasteiger charge is -2.30. The molecule has 0 saturated heterocycles. The molecule has 3 aromatic rings. The molecule has 1 aromatic carbocycles. The molecule has 2 N–H and O–H groups in total. The highest BCUT2D eigenvalue weighted by Gasteiger charge is 2.23. The number of nitrogens with one attached hydrogen (secondary N) is 2. The zero-order valence-corrected chi connectivity index (χ0v) is 19.3. The first-order valence-electron chi connectivity index (χ1n) is 11.1. The lowest BCUT2D eigenvalue weighted by Crippen LogP contribution is -2.31. The average molecular weight is 442 g/mol. The number of aryl methyl sites for hydroxylation is 1. The topological polar surface area (TPSA) is 88.9 Å². The minimum absolute atomic E-state index is 0.278. The standard InChI is InChI=1S/C24H31N3O3S/c1-4-5-17-6-8-18(9-7-17)26-23-11-10-19(31(3,29)30)15-22(23)21-14-16(2)27(28)24-20(21)12-13-25-24/h10-15,17-18,25-26H,4-9H2,1-3H3/t17-,18-. The summed E-state index contributed by atoms with van der Waals surface area (Å²) in [6.07, 6.45) is 10.2. The molecule has 1 aliphatic rings. The van der Waals surface area contributed by atoms with E-state index >= 15 is 0 Å². The number of H-pyrrole nitrogens is 1. The van der Waals surface area contributed by atoms with Gasteiger partial charge >= 0.3 is 0 Å². The summed E-state index contributed by atoms with van der Waals surface area (Å²) in [5, 5.41) is 16.9. The van der Waals surface area contributed by atoms with Crippen molar-refractivity contribution in [3.05, 3.63) is 47.4 Å². The first-order valence-corrected chi connectivity index (χ1v) is 13.0. The summed E-state index contributed by atoms with van der Waals surface area (Å²) < 4.78 is 25.4. The van der Waals surface area contributed by atoms with Crippen LogP contribution in [0.5, 0.6) is 0 Å². The second-order valence-electron chi connectivity index (χ2n) is 8.86. The van der Waals surface area contributed by atoms with Crippen LogP contribution in [0.15, 0.2) is 41.4 Å². The Hall–Kier alpha value is -2.54. The van der Waals surface area contributed by atoms with Gasteiger partial charge in [0, 0.05) is 29.1 Å². The Balaban J connectivity index is 1.76. The van der Waals surface area contributed by atoms with E-state index in [0.717, 1.165) is 45.7 Å². The molecule has 2 heterocycles. The van der Waals surface area contributed by atoms with Gasteiger partial charge in [-0.3, -0.25) is 0 Å². The van der Waals surface area contributed by atoms with Gasteiger partial charge in [-0.15, -0.1) is 0 Å². The van der Waals surface area contributed by atoms with E-state index in [0.29, 0.717) is 17.4 Å². The Labute approximate surface area is 184 Å². The summed E-state index contributed by atoms with van der Waals surface area (Å²) in [5.41, 5.74) is 3.61. The second-order valence-corrected chi connectivity index (χ2v) is 10.9. The van der Waals surface area contributed by atoms with Crippen molar-refractivity contribution in [2.45, 2.75) is 63.3 Å². The number of benzene rings is 1. The van der Waals surface area contributed by atoms with Crippen molar-refractivity contribution in [2.75, 3.05) is 11.6 Å². The number of aromatic amines is 1. The fourth-order valence-electron chi connectivity index (χ4n) is 4.82. The molecule has 0 aliphatic heterocycles. The van der Waals surface area contributed by atoms with E-state index in [-0.39, 0.29) is 4.90 Å². The molecule has 0 unspecified atom stereocenters. The van der Waals surface area contributed by atoms with Crippen LogP contribution in [0.3, 0.4) is 0 Å². The van der Waals surface area contributed by atoms with Gasteiger partial charge in [0.05, 0.1) is 16.5 Å². The van der Waals surface area contributed by atoms with E-state index < -0.39 is 9.84 Å². The van der Waals surface area contributed by atoms with Gasteiger partial charge in [-0.05, 0) is 68.9 Å². The van der Waals surface area contributed by atoms with E-state index in [9.17, 15) is 13.6 Å². The maximum Gasteiger partial charge on any atom is 0.290 e. The van der Waals surface area contributed by atoms with Crippen LogP contribution in [0.25, 0.3) is 22.2 Å². The number of hydrogen-bond acceptors (Lipinski definition) is 4. The lowest BCUT2D eigenvalue weighted by molar-refractivity contribution is -0.586. The van der Waals surface area contributed by atoms with Crippen molar-refractivity contribution >= 4 is 26.6 Å². The van der Waals surface area contributed by atoms with Crippen LogP contribution >= 0.6 is 0 Å². The molecule has 0 spiro atoms. The first-order chi connectivity index (χ1) is 14.8. The molecule has 0 atom stereocenters. The molecule has 0 bridgehead atoms. The van der Waals surface area contributed by atoms with Gasteiger partial charge in [0.1, 0.15) is 5.69 Å². The number of sulfone groups is 1. The highest BCUT2D eigenvalue weighted by Crippen LogP contribution is 2.37. The molecular formula is C24H31N3O3S. The average Bonchev–Trinajstić information content (AvgIpc) is 3.22. The van der Waals surface area contributed by atoms with Crippen molar-refractivity contribution in [1.29, 1.82) is 0 Å². The van der Waals surface area contributed by atoms with Crippen molar-refractivity contribution in [1.82, 2.24) is 4.98 Å². The Morgan fingerprint density at radius 2 is 1.87 bits per heavy atom. The predicted octanol–water partition coefficient (Wildman–Crippen LogP) is 4.95. The molecule has 6 nitrogen and oxygen atoms in total. The van der Waals surface area contributed by atoms with Crippen LogP contribution in [-0.2, 0) is 9.84 Å². The first kappa shape index (κ1) is 21.7. The number of rotatable bonds is 6. The molecule has 1 saturated carbocycles. The van der Waals surface area contributed by atoms with Crippen LogP contribution in [-0.4, -0.2) is 25.7 Å².